The summed E-state index contributed by atoms with van der Waals surface area (Å²) in [5.41, 5.74) is 5.59. The third kappa shape index (κ3) is 3.96. The number of hydrogen-bond acceptors (Lipinski definition) is 4. The monoisotopic (exact) mass is 283 g/mol. The van der Waals surface area contributed by atoms with Crippen molar-refractivity contribution >= 4 is 12.0 Å². The third-order valence-corrected chi connectivity index (χ3v) is 3.14. The number of carbonyl (C=O) groups excluding carboxylic acids is 2. The maximum absolute atomic E-state index is 12.3. The first kappa shape index (κ1) is 16.5. The summed E-state index contributed by atoms with van der Waals surface area (Å²) in [6.45, 7) is 7.57. The van der Waals surface area contributed by atoms with Crippen molar-refractivity contribution in [1.82, 2.24) is 9.80 Å². The van der Waals surface area contributed by atoms with Gasteiger partial charge in [0.15, 0.2) is 0 Å². The summed E-state index contributed by atoms with van der Waals surface area (Å²) in [6.07, 6.45) is 1.46. The smallest absolute Gasteiger partial charge is 0.411 e. The van der Waals surface area contributed by atoms with E-state index >= 15 is 0 Å². The van der Waals surface area contributed by atoms with Crippen LogP contribution in [0.5, 0.6) is 0 Å². The Bertz CT molecular complexity index is 424. The average Bonchev–Trinajstić information content (AvgIpc) is 2.24. The van der Waals surface area contributed by atoms with Gasteiger partial charge in [0.2, 0.25) is 5.91 Å². The van der Waals surface area contributed by atoms with Crippen molar-refractivity contribution in [3.8, 4) is 0 Å². The molecule has 0 unspecified atom stereocenters. The van der Waals surface area contributed by atoms with Gasteiger partial charge in [0, 0.05) is 12.6 Å². The molecule has 0 aliphatic carbocycles. The molecule has 1 heterocycles. The molecule has 0 fully saturated rings. The summed E-state index contributed by atoms with van der Waals surface area (Å²) in [6, 6.07) is -0.695. The van der Waals surface area contributed by atoms with Crippen molar-refractivity contribution in [2.45, 2.75) is 45.4 Å². The number of nitrogens with two attached hydrogens (primary N) is 1. The molecule has 2 atom stereocenters. The van der Waals surface area contributed by atoms with Crippen LogP contribution in [0.4, 0.5) is 4.79 Å². The van der Waals surface area contributed by atoms with Gasteiger partial charge in [-0.25, -0.2) is 4.79 Å². The van der Waals surface area contributed by atoms with E-state index in [1.165, 1.54) is 4.90 Å². The van der Waals surface area contributed by atoms with Crippen LogP contribution in [-0.4, -0.2) is 60.1 Å². The lowest BCUT2D eigenvalue weighted by atomic mass is 9.98. The minimum absolute atomic E-state index is 0.0399. The van der Waals surface area contributed by atoms with Gasteiger partial charge in [-0.1, -0.05) is 6.08 Å². The second-order valence-corrected chi connectivity index (χ2v) is 6.38. The van der Waals surface area contributed by atoms with E-state index in [9.17, 15) is 9.59 Å². The van der Waals surface area contributed by atoms with Gasteiger partial charge in [0.25, 0.3) is 0 Å². The number of rotatable bonds is 2. The number of ether oxygens (including phenoxy) is 1. The normalized spacial score (nSPS) is 23.6. The first-order chi connectivity index (χ1) is 9.03. The van der Waals surface area contributed by atoms with Crippen LogP contribution >= 0.6 is 0 Å². The molecule has 0 aromatic rings. The summed E-state index contributed by atoms with van der Waals surface area (Å²) in [4.78, 5) is 27.3. The van der Waals surface area contributed by atoms with Crippen LogP contribution in [0.25, 0.3) is 0 Å². The molecule has 0 saturated heterocycles. The largest absolute Gasteiger partial charge is 0.444 e. The lowest BCUT2D eigenvalue weighted by Crippen LogP contribution is -2.56. The number of hydrogen-bond donors (Lipinski definition) is 1. The van der Waals surface area contributed by atoms with Crippen LogP contribution in [-0.2, 0) is 9.53 Å². The molecule has 0 aromatic heterocycles. The van der Waals surface area contributed by atoms with Crippen LogP contribution in [0, 0.1) is 0 Å². The molecule has 114 valence electrons. The summed E-state index contributed by atoms with van der Waals surface area (Å²) >= 11 is 0. The fraction of sp³-hybridized carbons (Fsp3) is 0.714. The lowest BCUT2D eigenvalue weighted by Gasteiger charge is -2.39. The zero-order valence-corrected chi connectivity index (χ0v) is 13.1. The standard InChI is InChI=1S/C14H25N3O3/c1-9-7-10(16(5)6)8-17(11(9)12(15)18)13(19)20-14(2,3)4/h7,10-11H,8H2,1-6H3,(H2,15,18)/t10-,11+/m1/s1. The molecule has 6 nitrogen and oxygen atoms in total. The van der Waals surface area contributed by atoms with Crippen molar-refractivity contribution in [2.75, 3.05) is 20.6 Å². The predicted molar refractivity (Wildman–Crippen MR) is 77.2 cm³/mol. The number of primary amides is 1. The Morgan fingerprint density at radius 1 is 1.40 bits per heavy atom. The van der Waals surface area contributed by atoms with E-state index < -0.39 is 23.6 Å². The van der Waals surface area contributed by atoms with E-state index in [0.29, 0.717) is 6.54 Å². The van der Waals surface area contributed by atoms with Gasteiger partial charge < -0.3 is 15.4 Å². The Morgan fingerprint density at radius 2 is 1.95 bits per heavy atom. The topological polar surface area (TPSA) is 75.9 Å². The van der Waals surface area contributed by atoms with E-state index in [1.54, 1.807) is 20.8 Å². The van der Waals surface area contributed by atoms with Gasteiger partial charge in [0.05, 0.1) is 0 Å². The minimum atomic E-state index is -0.735. The van der Waals surface area contributed by atoms with Gasteiger partial charge in [-0.2, -0.15) is 0 Å². The van der Waals surface area contributed by atoms with Crippen LogP contribution in [0.2, 0.25) is 0 Å². The molecular formula is C14H25N3O3. The van der Waals surface area contributed by atoms with Gasteiger partial charge in [0.1, 0.15) is 11.6 Å². The summed E-state index contributed by atoms with van der Waals surface area (Å²) in [5.74, 6) is -0.540. The van der Waals surface area contributed by atoms with Gasteiger partial charge in [-0.15, -0.1) is 0 Å². The van der Waals surface area contributed by atoms with Crippen molar-refractivity contribution in [2.24, 2.45) is 5.73 Å². The summed E-state index contributed by atoms with van der Waals surface area (Å²) in [5, 5.41) is 0. The lowest BCUT2D eigenvalue weighted by molar-refractivity contribution is -0.122. The molecule has 1 rings (SSSR count). The Balaban J connectivity index is 3.04. The van der Waals surface area contributed by atoms with Gasteiger partial charge in [-0.3, -0.25) is 9.69 Å². The van der Waals surface area contributed by atoms with Crippen LogP contribution in [0.15, 0.2) is 11.6 Å². The first-order valence-corrected chi connectivity index (χ1v) is 6.66. The van der Waals surface area contributed by atoms with Crippen LogP contribution in [0.3, 0.4) is 0 Å². The van der Waals surface area contributed by atoms with Crippen LogP contribution in [0.1, 0.15) is 27.7 Å². The van der Waals surface area contributed by atoms with Crippen molar-refractivity contribution in [3.05, 3.63) is 11.6 Å². The summed E-state index contributed by atoms with van der Waals surface area (Å²) < 4.78 is 5.37. The molecule has 1 aliphatic heterocycles. The molecule has 0 radical (unpaired) electrons. The van der Waals surface area contributed by atoms with Crippen molar-refractivity contribution in [1.29, 1.82) is 0 Å². The molecule has 2 N–H and O–H groups in total. The fourth-order valence-electron chi connectivity index (χ4n) is 2.19. The van der Waals surface area contributed by atoms with E-state index in [0.717, 1.165) is 5.57 Å². The first-order valence-electron chi connectivity index (χ1n) is 6.66. The summed E-state index contributed by atoms with van der Waals surface area (Å²) in [7, 11) is 3.85. The van der Waals surface area contributed by atoms with Crippen LogP contribution < -0.4 is 5.73 Å². The number of carbonyl (C=O) groups is 2. The van der Waals surface area contributed by atoms with Crippen molar-refractivity contribution in [3.63, 3.8) is 0 Å². The molecule has 20 heavy (non-hydrogen) atoms. The van der Waals surface area contributed by atoms with Crippen molar-refractivity contribution < 1.29 is 14.3 Å². The minimum Gasteiger partial charge on any atom is -0.444 e. The Morgan fingerprint density at radius 3 is 2.35 bits per heavy atom. The molecule has 2 amide bonds. The SMILES string of the molecule is CC1=C[C@@H](N(C)C)CN(C(=O)OC(C)(C)C)[C@@H]1C(N)=O. The molecule has 0 bridgehead atoms. The zero-order valence-electron chi connectivity index (χ0n) is 13.1. The molecular weight excluding hydrogens is 258 g/mol. The second-order valence-electron chi connectivity index (χ2n) is 6.38. The maximum Gasteiger partial charge on any atom is 0.411 e. The highest BCUT2D eigenvalue weighted by atomic mass is 16.6. The molecule has 0 aromatic carbocycles. The molecule has 6 heteroatoms. The molecule has 1 aliphatic rings. The van der Waals surface area contributed by atoms with Gasteiger partial charge in [-0.05, 0) is 47.4 Å². The predicted octanol–water partition coefficient (Wildman–Crippen LogP) is 0.968. The number of nitrogens with zero attached hydrogens (tertiary/aromatic N) is 2. The second kappa shape index (κ2) is 5.83. The fourth-order valence-corrected chi connectivity index (χ4v) is 2.19. The zero-order chi connectivity index (χ0) is 15.7. The Labute approximate surface area is 120 Å². The van der Waals surface area contributed by atoms with E-state index in [1.807, 2.05) is 32.0 Å². The Hall–Kier alpha value is -1.56. The Kier molecular flexibility index (Phi) is 4.81. The van der Waals surface area contributed by atoms with E-state index in [-0.39, 0.29) is 6.04 Å². The average molecular weight is 283 g/mol. The molecule has 0 spiro atoms. The van der Waals surface area contributed by atoms with E-state index in [4.69, 9.17) is 10.5 Å². The highest BCUT2D eigenvalue weighted by molar-refractivity contribution is 5.87. The quantitative estimate of drug-likeness (QED) is 0.766. The number of amides is 2. The highest BCUT2D eigenvalue weighted by Crippen LogP contribution is 2.22. The van der Waals surface area contributed by atoms with E-state index in [2.05, 4.69) is 0 Å². The number of likely N-dealkylation sites (N-methyl/N-ethyl adjacent to an activating group) is 1. The third-order valence-electron chi connectivity index (χ3n) is 3.14. The molecule has 0 saturated carbocycles. The van der Waals surface area contributed by atoms with Gasteiger partial charge >= 0.3 is 6.09 Å². The maximum atomic E-state index is 12.3. The highest BCUT2D eigenvalue weighted by Gasteiger charge is 2.37.